The lowest BCUT2D eigenvalue weighted by molar-refractivity contribution is -0.140. The molecule has 3 heterocycles. The van der Waals surface area contributed by atoms with E-state index in [2.05, 4.69) is 16.0 Å². The van der Waals surface area contributed by atoms with Crippen LogP contribution in [0.4, 0.5) is 18.0 Å². The third kappa shape index (κ3) is 6.98. The van der Waals surface area contributed by atoms with Crippen LogP contribution in [0.25, 0.3) is 10.6 Å². The van der Waals surface area contributed by atoms with Crippen LogP contribution in [-0.4, -0.2) is 83.0 Å². The highest BCUT2D eigenvalue weighted by Crippen LogP contribution is 2.43. The van der Waals surface area contributed by atoms with Gasteiger partial charge in [-0.25, -0.2) is 9.78 Å². The lowest BCUT2D eigenvalue weighted by atomic mass is 9.85. The Bertz CT molecular complexity index is 1340. The number of aromatic nitrogens is 1. The molecule has 0 saturated carbocycles. The molecule has 5 unspecified atom stereocenters. The summed E-state index contributed by atoms with van der Waals surface area (Å²) in [7, 11) is 1.67. The molecule has 43 heavy (non-hydrogen) atoms. The third-order valence-corrected chi connectivity index (χ3v) is 9.06. The molecule has 9 nitrogen and oxygen atoms in total. The van der Waals surface area contributed by atoms with Gasteiger partial charge in [0.05, 0.1) is 29.4 Å². The number of nitrogens with one attached hydrogen (secondary N) is 3. The Morgan fingerprint density at radius 2 is 1.77 bits per heavy atom. The maximum atomic E-state index is 14.2. The number of benzene rings is 1. The number of amides is 4. The van der Waals surface area contributed by atoms with Crippen molar-refractivity contribution >= 4 is 29.2 Å². The van der Waals surface area contributed by atoms with Gasteiger partial charge < -0.3 is 25.8 Å². The highest BCUT2D eigenvalue weighted by atomic mass is 32.1. The molecule has 236 valence electrons. The lowest BCUT2D eigenvalue weighted by Crippen LogP contribution is -2.59. The fraction of sp³-hybridized carbons (Fsp3) is 0.600. The van der Waals surface area contributed by atoms with Crippen molar-refractivity contribution in [1.82, 2.24) is 30.7 Å². The normalized spacial score (nSPS) is 22.0. The van der Waals surface area contributed by atoms with E-state index in [0.717, 1.165) is 12.1 Å². The van der Waals surface area contributed by atoms with Crippen LogP contribution < -0.4 is 16.0 Å². The Balaban J connectivity index is 1.69. The van der Waals surface area contributed by atoms with Gasteiger partial charge in [0.2, 0.25) is 11.8 Å². The van der Waals surface area contributed by atoms with E-state index in [1.807, 2.05) is 34.6 Å². The van der Waals surface area contributed by atoms with Gasteiger partial charge in [-0.1, -0.05) is 32.9 Å². The van der Waals surface area contributed by atoms with Crippen LogP contribution in [0.1, 0.15) is 65.1 Å². The van der Waals surface area contributed by atoms with Gasteiger partial charge in [-0.2, -0.15) is 13.2 Å². The van der Waals surface area contributed by atoms with Gasteiger partial charge in [-0.05, 0) is 51.8 Å². The Morgan fingerprint density at radius 1 is 1.07 bits per heavy atom. The first-order chi connectivity index (χ1) is 20.0. The zero-order valence-electron chi connectivity index (χ0n) is 25.6. The molecule has 4 amide bonds. The Kier molecular flexibility index (Phi) is 9.46. The van der Waals surface area contributed by atoms with E-state index in [1.165, 1.54) is 17.4 Å². The molecule has 0 spiro atoms. The molecule has 2 saturated heterocycles. The van der Waals surface area contributed by atoms with Crippen LogP contribution in [0.2, 0.25) is 0 Å². The van der Waals surface area contributed by atoms with Gasteiger partial charge in [0.1, 0.15) is 11.0 Å². The van der Waals surface area contributed by atoms with Gasteiger partial charge in [0.25, 0.3) is 0 Å². The number of likely N-dealkylation sites (tertiary alicyclic amines) is 2. The standard InChI is InChI=1S/C30H41F3N6O3S/c1-16(2)35-28(42)39-14-20(21-15-43-26(36-21)18-9-8-10-19(13-18)30(31,32)33)23-22(39)11-12-38(23)27(41)24(29(4,5)6)37-25(40)17(3)34-7/h8-10,13,15-17,20,22-24,34H,11-12,14H2,1-7H3,(H,35,42)(H,37,40). The van der Waals surface area contributed by atoms with E-state index < -0.39 is 35.3 Å². The predicted octanol–water partition coefficient (Wildman–Crippen LogP) is 4.45. The van der Waals surface area contributed by atoms with Crippen LogP contribution in [0.15, 0.2) is 29.6 Å². The van der Waals surface area contributed by atoms with Crippen molar-refractivity contribution in [3.8, 4) is 10.6 Å². The maximum Gasteiger partial charge on any atom is 0.416 e. The molecule has 5 atom stereocenters. The summed E-state index contributed by atoms with van der Waals surface area (Å²) in [6.45, 7) is 11.8. The molecular formula is C30H41F3N6O3S. The van der Waals surface area contributed by atoms with Gasteiger partial charge in [0, 0.05) is 36.0 Å². The van der Waals surface area contributed by atoms with Crippen molar-refractivity contribution < 1.29 is 27.6 Å². The van der Waals surface area contributed by atoms with Gasteiger partial charge in [0.15, 0.2) is 0 Å². The number of halogens is 3. The van der Waals surface area contributed by atoms with Crippen LogP contribution in [0.5, 0.6) is 0 Å². The average molecular weight is 623 g/mol. The van der Waals surface area contributed by atoms with Crippen molar-refractivity contribution in [2.45, 2.75) is 90.3 Å². The topological polar surface area (TPSA) is 107 Å². The number of fused-ring (bicyclic) bond motifs is 1. The minimum atomic E-state index is -4.48. The summed E-state index contributed by atoms with van der Waals surface area (Å²) in [5, 5.41) is 11.0. The highest BCUT2D eigenvalue weighted by molar-refractivity contribution is 7.13. The van der Waals surface area contributed by atoms with Crippen molar-refractivity contribution in [2.75, 3.05) is 20.1 Å². The number of hydrogen-bond acceptors (Lipinski definition) is 6. The fourth-order valence-corrected chi connectivity index (χ4v) is 6.68. The van der Waals surface area contributed by atoms with Crippen molar-refractivity contribution in [2.24, 2.45) is 5.41 Å². The van der Waals surface area contributed by atoms with Crippen LogP contribution in [0.3, 0.4) is 0 Å². The number of hydrogen-bond donors (Lipinski definition) is 3. The number of carbonyl (C=O) groups excluding carboxylic acids is 3. The Hall–Kier alpha value is -3.19. The summed E-state index contributed by atoms with van der Waals surface area (Å²) in [6, 6.07) is 2.72. The minimum Gasteiger partial charge on any atom is -0.342 e. The summed E-state index contributed by atoms with van der Waals surface area (Å²) in [5.41, 5.74) is -0.386. The first-order valence-electron chi connectivity index (χ1n) is 14.5. The van der Waals surface area contributed by atoms with Gasteiger partial charge >= 0.3 is 12.2 Å². The van der Waals surface area contributed by atoms with Gasteiger partial charge in [-0.15, -0.1) is 11.3 Å². The van der Waals surface area contributed by atoms with Crippen LogP contribution in [0, 0.1) is 5.41 Å². The molecule has 2 aliphatic rings. The first kappa shape index (κ1) is 32.7. The maximum absolute atomic E-state index is 14.2. The zero-order valence-corrected chi connectivity index (χ0v) is 26.4. The number of alkyl halides is 3. The lowest BCUT2D eigenvalue weighted by Gasteiger charge is -2.37. The third-order valence-electron chi connectivity index (χ3n) is 8.15. The molecule has 3 N–H and O–H groups in total. The van der Waals surface area contributed by atoms with E-state index in [-0.39, 0.29) is 35.8 Å². The van der Waals surface area contributed by atoms with Crippen molar-refractivity contribution in [3.05, 3.63) is 40.9 Å². The SMILES string of the molecule is CNC(C)C(=O)NC(C(=O)N1CCC2C1C(c1csc(-c3cccc(C(F)(F)F)c3)n1)CN2C(=O)NC(C)C)C(C)(C)C. The molecule has 0 aliphatic carbocycles. The summed E-state index contributed by atoms with van der Waals surface area (Å²) in [4.78, 5) is 48.6. The smallest absolute Gasteiger partial charge is 0.342 e. The number of nitrogens with zero attached hydrogens (tertiary/aromatic N) is 3. The van der Waals surface area contributed by atoms with E-state index >= 15 is 0 Å². The van der Waals surface area contributed by atoms with Crippen LogP contribution >= 0.6 is 11.3 Å². The molecule has 13 heteroatoms. The molecule has 2 aromatic rings. The molecule has 2 fully saturated rings. The number of thiazole rings is 1. The number of likely N-dealkylation sites (N-methyl/N-ethyl adjacent to an activating group) is 1. The van der Waals surface area contributed by atoms with Gasteiger partial charge in [-0.3, -0.25) is 9.59 Å². The predicted molar refractivity (Wildman–Crippen MR) is 159 cm³/mol. The quantitative estimate of drug-likeness (QED) is 0.423. The minimum absolute atomic E-state index is 0.0921. The average Bonchev–Trinajstić information content (AvgIpc) is 3.65. The van der Waals surface area contributed by atoms with E-state index in [1.54, 1.807) is 35.2 Å². The second-order valence-electron chi connectivity index (χ2n) is 12.7. The van der Waals surface area contributed by atoms with E-state index in [0.29, 0.717) is 35.8 Å². The fourth-order valence-electron chi connectivity index (χ4n) is 5.80. The zero-order chi connectivity index (χ0) is 31.9. The summed E-state index contributed by atoms with van der Waals surface area (Å²) in [6.07, 6.45) is -3.92. The molecule has 0 radical (unpaired) electrons. The number of carbonyl (C=O) groups is 3. The van der Waals surface area contributed by atoms with E-state index in [4.69, 9.17) is 4.98 Å². The monoisotopic (exact) mass is 622 g/mol. The second-order valence-corrected chi connectivity index (χ2v) is 13.6. The van der Waals surface area contributed by atoms with E-state index in [9.17, 15) is 27.6 Å². The molecule has 1 aromatic heterocycles. The largest absolute Gasteiger partial charge is 0.416 e. The Morgan fingerprint density at radius 3 is 2.37 bits per heavy atom. The first-order valence-corrected chi connectivity index (χ1v) is 15.4. The van der Waals surface area contributed by atoms with Crippen LogP contribution in [-0.2, 0) is 15.8 Å². The summed E-state index contributed by atoms with van der Waals surface area (Å²) < 4.78 is 40.1. The molecule has 0 bridgehead atoms. The molecule has 2 aliphatic heterocycles. The highest BCUT2D eigenvalue weighted by Gasteiger charge is 2.54. The second kappa shape index (κ2) is 12.4. The molecule has 4 rings (SSSR count). The number of rotatable bonds is 7. The van der Waals surface area contributed by atoms with Crippen molar-refractivity contribution in [1.29, 1.82) is 0 Å². The molecular weight excluding hydrogens is 581 g/mol. The summed E-state index contributed by atoms with van der Waals surface area (Å²) in [5.74, 6) is -0.892. The van der Waals surface area contributed by atoms with Crippen molar-refractivity contribution in [3.63, 3.8) is 0 Å². The Labute approximate surface area is 254 Å². The summed E-state index contributed by atoms with van der Waals surface area (Å²) >= 11 is 1.23. The number of urea groups is 1. The molecule has 1 aromatic carbocycles.